The van der Waals surface area contributed by atoms with E-state index in [2.05, 4.69) is 6.92 Å². The zero-order valence-electron chi connectivity index (χ0n) is 10.5. The number of carboxylic acid groups (broad SMARTS) is 1. The maximum Gasteiger partial charge on any atom is 1.00 e. The van der Waals surface area contributed by atoms with Crippen molar-refractivity contribution in [2.75, 3.05) is 0 Å². The molecule has 2 nitrogen and oxygen atoms in total. The van der Waals surface area contributed by atoms with Gasteiger partial charge in [-0.05, 0) is 36.1 Å². The molecule has 1 rings (SSSR count). The molecule has 0 aliphatic carbocycles. The van der Waals surface area contributed by atoms with Gasteiger partial charge in [0, 0.05) is 12.4 Å². The Balaban J connectivity index is 0.00000256. The fourth-order valence-electron chi connectivity index (χ4n) is 1.71. The Morgan fingerprint density at radius 2 is 1.88 bits per heavy atom. The zero-order valence-corrected chi connectivity index (χ0v) is 12.5. The standard InChI is InChI=1S/C13H17FO2.Na/c1-2-3-4-5-10-6-11(9-13(15)16)8-12(14)7-10;/h6-8H,2-5,9H2,1H3,(H,15,16);/q;+1/p-1. The zero-order chi connectivity index (χ0) is 12.0. The van der Waals surface area contributed by atoms with Gasteiger partial charge in [0.25, 0.3) is 0 Å². The summed E-state index contributed by atoms with van der Waals surface area (Å²) >= 11 is 0. The summed E-state index contributed by atoms with van der Waals surface area (Å²) in [4.78, 5) is 10.4. The molecule has 0 saturated carbocycles. The molecule has 0 atom stereocenters. The third kappa shape index (κ3) is 6.81. The van der Waals surface area contributed by atoms with E-state index in [0.29, 0.717) is 5.56 Å². The van der Waals surface area contributed by atoms with Crippen molar-refractivity contribution < 1.29 is 43.8 Å². The van der Waals surface area contributed by atoms with E-state index in [4.69, 9.17) is 0 Å². The third-order valence-corrected chi connectivity index (χ3v) is 2.43. The van der Waals surface area contributed by atoms with E-state index < -0.39 is 5.97 Å². The second kappa shape index (κ2) is 8.67. The molecule has 0 aliphatic rings. The average Bonchev–Trinajstić information content (AvgIpc) is 2.16. The predicted octanol–water partition coefficient (Wildman–Crippen LogP) is -1.15. The van der Waals surface area contributed by atoms with Gasteiger partial charge >= 0.3 is 29.6 Å². The molecule has 0 bridgehead atoms. The summed E-state index contributed by atoms with van der Waals surface area (Å²) in [7, 11) is 0. The quantitative estimate of drug-likeness (QED) is 0.470. The normalized spacial score (nSPS) is 9.76. The first-order valence-corrected chi connectivity index (χ1v) is 5.60. The van der Waals surface area contributed by atoms with Gasteiger partial charge in [-0.15, -0.1) is 0 Å². The SMILES string of the molecule is CCCCCc1cc(F)cc(CC(=O)[O-])c1.[Na+]. The molecule has 0 saturated heterocycles. The summed E-state index contributed by atoms with van der Waals surface area (Å²) in [5.74, 6) is -1.55. The van der Waals surface area contributed by atoms with Crippen molar-refractivity contribution in [1.82, 2.24) is 0 Å². The summed E-state index contributed by atoms with van der Waals surface area (Å²) in [6, 6.07) is 4.46. The number of hydrogen-bond acceptors (Lipinski definition) is 2. The van der Waals surface area contributed by atoms with Gasteiger partial charge in [-0.25, -0.2) is 4.39 Å². The van der Waals surface area contributed by atoms with Gasteiger partial charge in [0.05, 0.1) is 0 Å². The Morgan fingerprint density at radius 3 is 2.47 bits per heavy atom. The molecule has 0 heterocycles. The van der Waals surface area contributed by atoms with Gasteiger partial charge in [-0.3, -0.25) is 0 Å². The Morgan fingerprint density at radius 1 is 1.24 bits per heavy atom. The fourth-order valence-corrected chi connectivity index (χ4v) is 1.71. The first-order valence-electron chi connectivity index (χ1n) is 5.60. The Labute approximate surface area is 124 Å². The van der Waals surface area contributed by atoms with Gasteiger partial charge in [0.1, 0.15) is 5.82 Å². The van der Waals surface area contributed by atoms with Gasteiger partial charge in [-0.1, -0.05) is 25.8 Å². The number of carboxylic acids is 1. The Hall–Kier alpha value is -0.380. The van der Waals surface area contributed by atoms with Gasteiger partial charge in [-0.2, -0.15) is 0 Å². The number of unbranched alkanes of at least 4 members (excludes halogenated alkanes) is 2. The number of aliphatic carboxylic acids is 1. The number of carbonyl (C=O) groups is 1. The summed E-state index contributed by atoms with van der Waals surface area (Å²) in [6.07, 6.45) is 3.79. The van der Waals surface area contributed by atoms with E-state index in [9.17, 15) is 14.3 Å². The molecule has 0 N–H and O–H groups in total. The smallest absolute Gasteiger partial charge is 0.550 e. The molecule has 0 unspecified atom stereocenters. The van der Waals surface area contributed by atoms with Gasteiger partial charge in [0.15, 0.2) is 0 Å². The van der Waals surface area contributed by atoms with Crippen molar-refractivity contribution in [2.24, 2.45) is 0 Å². The number of rotatable bonds is 6. The number of hydrogen-bond donors (Lipinski definition) is 0. The number of halogens is 1. The van der Waals surface area contributed by atoms with Gasteiger partial charge < -0.3 is 9.90 Å². The number of aryl methyl sites for hydroxylation is 1. The topological polar surface area (TPSA) is 40.1 Å². The minimum Gasteiger partial charge on any atom is -0.550 e. The van der Waals surface area contributed by atoms with E-state index in [0.717, 1.165) is 31.2 Å². The van der Waals surface area contributed by atoms with Crippen LogP contribution in [0.5, 0.6) is 0 Å². The number of benzene rings is 1. The molecule has 0 amide bonds. The molecule has 0 spiro atoms. The molecule has 0 radical (unpaired) electrons. The second-order valence-corrected chi connectivity index (χ2v) is 3.97. The molecule has 4 heteroatoms. The third-order valence-electron chi connectivity index (χ3n) is 2.43. The summed E-state index contributed by atoms with van der Waals surface area (Å²) < 4.78 is 13.2. The van der Waals surface area contributed by atoms with Crippen LogP contribution < -0.4 is 34.7 Å². The van der Waals surface area contributed by atoms with Crippen LogP contribution in [0, 0.1) is 5.82 Å². The molecule has 0 aliphatic heterocycles. The minimum atomic E-state index is -1.18. The van der Waals surface area contributed by atoms with E-state index in [-0.39, 0.29) is 41.8 Å². The summed E-state index contributed by atoms with van der Waals surface area (Å²) in [5, 5.41) is 10.4. The van der Waals surface area contributed by atoms with Crippen LogP contribution in [0.3, 0.4) is 0 Å². The first kappa shape index (κ1) is 16.6. The largest absolute Gasteiger partial charge is 1.00 e. The van der Waals surface area contributed by atoms with Crippen molar-refractivity contribution in [1.29, 1.82) is 0 Å². The second-order valence-electron chi connectivity index (χ2n) is 3.97. The summed E-state index contributed by atoms with van der Waals surface area (Å²) in [6.45, 7) is 2.10. The van der Waals surface area contributed by atoms with Crippen molar-refractivity contribution >= 4 is 5.97 Å². The van der Waals surface area contributed by atoms with Gasteiger partial charge in [0.2, 0.25) is 0 Å². The van der Waals surface area contributed by atoms with Crippen molar-refractivity contribution in [3.05, 3.63) is 35.1 Å². The van der Waals surface area contributed by atoms with Crippen LogP contribution in [0.1, 0.15) is 37.3 Å². The Bertz CT molecular complexity index is 366. The van der Waals surface area contributed by atoms with Crippen molar-refractivity contribution in [3.63, 3.8) is 0 Å². The maximum atomic E-state index is 13.2. The van der Waals surface area contributed by atoms with Crippen LogP contribution in [0.2, 0.25) is 0 Å². The molecule has 88 valence electrons. The molecule has 17 heavy (non-hydrogen) atoms. The van der Waals surface area contributed by atoms with Crippen LogP contribution in [-0.2, 0) is 17.6 Å². The molecule has 1 aromatic rings. The molecule has 0 fully saturated rings. The predicted molar refractivity (Wildman–Crippen MR) is 58.3 cm³/mol. The van der Waals surface area contributed by atoms with Crippen LogP contribution in [0.4, 0.5) is 4.39 Å². The van der Waals surface area contributed by atoms with Crippen LogP contribution in [0.25, 0.3) is 0 Å². The van der Waals surface area contributed by atoms with Crippen molar-refractivity contribution in [3.8, 4) is 0 Å². The molecule has 1 aromatic carbocycles. The van der Waals surface area contributed by atoms with E-state index in [1.165, 1.54) is 12.1 Å². The van der Waals surface area contributed by atoms with E-state index in [1.807, 2.05) is 0 Å². The van der Waals surface area contributed by atoms with Crippen LogP contribution >= 0.6 is 0 Å². The van der Waals surface area contributed by atoms with E-state index in [1.54, 1.807) is 6.07 Å². The fraction of sp³-hybridized carbons (Fsp3) is 0.462. The van der Waals surface area contributed by atoms with Crippen LogP contribution in [0.15, 0.2) is 18.2 Å². The minimum absolute atomic E-state index is 0. The monoisotopic (exact) mass is 246 g/mol. The maximum absolute atomic E-state index is 13.2. The van der Waals surface area contributed by atoms with Crippen LogP contribution in [-0.4, -0.2) is 5.97 Å². The average molecular weight is 246 g/mol. The molecular weight excluding hydrogens is 230 g/mol. The summed E-state index contributed by atoms with van der Waals surface area (Å²) in [5.41, 5.74) is 1.34. The molecule has 0 aromatic heterocycles. The van der Waals surface area contributed by atoms with Crippen molar-refractivity contribution in [2.45, 2.75) is 39.0 Å². The first-order chi connectivity index (χ1) is 7.61. The Kier molecular flexibility index (Phi) is 8.48. The van der Waals surface area contributed by atoms with E-state index >= 15 is 0 Å². The number of carbonyl (C=O) groups excluding carboxylic acids is 1. The molecular formula is C13H16FNaO2.